The van der Waals surface area contributed by atoms with Gasteiger partial charge in [-0.2, -0.15) is 5.10 Å². The van der Waals surface area contributed by atoms with Gasteiger partial charge in [0, 0.05) is 12.7 Å². The predicted octanol–water partition coefficient (Wildman–Crippen LogP) is 2.22. The second-order valence-electron chi connectivity index (χ2n) is 5.39. The number of carboxylic acids is 1. The molecule has 0 unspecified atom stereocenters. The standard InChI is InChI=1S/C14H15F2N5O3/c1-7(2)5-21-6-10(11(20-21)12(15)16)19-13(22)8-3-18-9(4-17-8)14(23)24/h3-4,6-7,12H,5H2,1-2H3,(H,19,22)(H,23,24). The maximum absolute atomic E-state index is 13.1. The second-order valence-corrected chi connectivity index (χ2v) is 5.39. The molecule has 0 aliphatic heterocycles. The van der Waals surface area contributed by atoms with E-state index in [0.29, 0.717) is 6.54 Å². The molecule has 0 saturated carbocycles. The lowest BCUT2D eigenvalue weighted by Crippen LogP contribution is -2.15. The lowest BCUT2D eigenvalue weighted by Gasteiger charge is -2.04. The van der Waals surface area contributed by atoms with E-state index in [0.717, 1.165) is 12.4 Å². The first-order valence-electron chi connectivity index (χ1n) is 7.00. The number of aromatic nitrogens is 4. The van der Waals surface area contributed by atoms with Crippen molar-refractivity contribution < 1.29 is 23.5 Å². The van der Waals surface area contributed by atoms with Crippen LogP contribution in [0.4, 0.5) is 14.5 Å². The molecule has 0 bridgehead atoms. The van der Waals surface area contributed by atoms with Gasteiger partial charge in [-0.25, -0.2) is 23.5 Å². The van der Waals surface area contributed by atoms with Crippen molar-refractivity contribution >= 4 is 17.6 Å². The van der Waals surface area contributed by atoms with E-state index in [-0.39, 0.29) is 23.0 Å². The van der Waals surface area contributed by atoms with Crippen LogP contribution in [0.15, 0.2) is 18.6 Å². The zero-order valence-electron chi connectivity index (χ0n) is 12.9. The maximum Gasteiger partial charge on any atom is 0.356 e. The van der Waals surface area contributed by atoms with Crippen LogP contribution in [0.5, 0.6) is 0 Å². The minimum Gasteiger partial charge on any atom is -0.476 e. The molecule has 0 aromatic carbocycles. The van der Waals surface area contributed by atoms with Crippen LogP contribution in [0.1, 0.15) is 46.9 Å². The molecular formula is C14H15F2N5O3. The largest absolute Gasteiger partial charge is 0.476 e. The van der Waals surface area contributed by atoms with Gasteiger partial charge < -0.3 is 10.4 Å². The Balaban J connectivity index is 2.21. The molecule has 2 N–H and O–H groups in total. The highest BCUT2D eigenvalue weighted by Gasteiger charge is 2.21. The molecule has 10 heteroatoms. The highest BCUT2D eigenvalue weighted by atomic mass is 19.3. The molecule has 128 valence electrons. The maximum atomic E-state index is 13.1. The fourth-order valence-corrected chi connectivity index (χ4v) is 1.90. The first-order chi connectivity index (χ1) is 11.3. The van der Waals surface area contributed by atoms with E-state index < -0.39 is 24.0 Å². The molecule has 0 aliphatic carbocycles. The number of carbonyl (C=O) groups excluding carboxylic acids is 1. The molecule has 1 amide bonds. The van der Waals surface area contributed by atoms with Crippen LogP contribution in [0.25, 0.3) is 0 Å². The molecule has 2 heterocycles. The normalized spacial score (nSPS) is 11.1. The summed E-state index contributed by atoms with van der Waals surface area (Å²) in [7, 11) is 0. The lowest BCUT2D eigenvalue weighted by molar-refractivity contribution is 0.0689. The van der Waals surface area contributed by atoms with Crippen LogP contribution < -0.4 is 5.32 Å². The monoisotopic (exact) mass is 339 g/mol. The number of hydrogen-bond acceptors (Lipinski definition) is 5. The van der Waals surface area contributed by atoms with E-state index >= 15 is 0 Å². The summed E-state index contributed by atoms with van der Waals surface area (Å²) in [6, 6.07) is 0. The van der Waals surface area contributed by atoms with Crippen LogP contribution in [0.2, 0.25) is 0 Å². The van der Waals surface area contributed by atoms with Gasteiger partial charge in [-0.1, -0.05) is 13.8 Å². The zero-order valence-corrected chi connectivity index (χ0v) is 12.9. The van der Waals surface area contributed by atoms with Gasteiger partial charge >= 0.3 is 5.97 Å². The molecule has 0 aliphatic rings. The average Bonchev–Trinajstić information content (AvgIpc) is 2.89. The van der Waals surface area contributed by atoms with Crippen LogP contribution >= 0.6 is 0 Å². The summed E-state index contributed by atoms with van der Waals surface area (Å²) in [6.07, 6.45) is 0.333. The summed E-state index contributed by atoms with van der Waals surface area (Å²) in [5.41, 5.74) is -1.19. The van der Waals surface area contributed by atoms with Crippen molar-refractivity contribution in [2.75, 3.05) is 5.32 Å². The third-order valence-corrected chi connectivity index (χ3v) is 2.90. The Morgan fingerprint density at radius 3 is 2.38 bits per heavy atom. The van der Waals surface area contributed by atoms with Gasteiger partial charge in [0.2, 0.25) is 0 Å². The SMILES string of the molecule is CC(C)Cn1cc(NC(=O)c2cnc(C(=O)O)cn2)c(C(F)F)n1. The van der Waals surface area contributed by atoms with Crippen molar-refractivity contribution in [3.8, 4) is 0 Å². The van der Waals surface area contributed by atoms with E-state index in [1.165, 1.54) is 10.9 Å². The van der Waals surface area contributed by atoms with Crippen molar-refractivity contribution in [1.82, 2.24) is 19.7 Å². The van der Waals surface area contributed by atoms with E-state index in [1.807, 2.05) is 13.8 Å². The van der Waals surface area contributed by atoms with Crippen LogP contribution in [0.3, 0.4) is 0 Å². The van der Waals surface area contributed by atoms with Crippen molar-refractivity contribution in [1.29, 1.82) is 0 Å². The average molecular weight is 339 g/mol. The van der Waals surface area contributed by atoms with Crippen molar-refractivity contribution in [3.63, 3.8) is 0 Å². The molecular weight excluding hydrogens is 324 g/mol. The Kier molecular flexibility index (Phi) is 5.17. The number of carboxylic acid groups (broad SMARTS) is 1. The van der Waals surface area contributed by atoms with Gasteiger partial charge in [-0.3, -0.25) is 9.48 Å². The third kappa shape index (κ3) is 4.09. The van der Waals surface area contributed by atoms with Crippen LogP contribution in [0, 0.1) is 5.92 Å². The smallest absolute Gasteiger partial charge is 0.356 e. The van der Waals surface area contributed by atoms with Gasteiger partial charge in [0.1, 0.15) is 5.69 Å². The second kappa shape index (κ2) is 7.11. The number of carbonyl (C=O) groups is 2. The molecule has 0 atom stereocenters. The summed E-state index contributed by atoms with van der Waals surface area (Å²) >= 11 is 0. The van der Waals surface area contributed by atoms with Gasteiger partial charge in [-0.05, 0) is 5.92 Å². The van der Waals surface area contributed by atoms with E-state index in [9.17, 15) is 18.4 Å². The summed E-state index contributed by atoms with van der Waals surface area (Å²) in [6.45, 7) is 4.23. The number of amides is 1. The zero-order chi connectivity index (χ0) is 17.9. The number of nitrogens with one attached hydrogen (secondary N) is 1. The Morgan fingerprint density at radius 1 is 1.25 bits per heavy atom. The van der Waals surface area contributed by atoms with Gasteiger partial charge in [0.05, 0.1) is 18.1 Å². The summed E-state index contributed by atoms with van der Waals surface area (Å²) in [4.78, 5) is 30.0. The molecule has 24 heavy (non-hydrogen) atoms. The van der Waals surface area contributed by atoms with Crippen molar-refractivity contribution in [3.05, 3.63) is 35.7 Å². The number of aromatic carboxylic acids is 1. The molecule has 0 radical (unpaired) electrons. The van der Waals surface area contributed by atoms with Crippen molar-refractivity contribution in [2.24, 2.45) is 5.92 Å². The highest BCUT2D eigenvalue weighted by molar-refractivity contribution is 6.03. The first-order valence-corrected chi connectivity index (χ1v) is 7.00. The molecule has 8 nitrogen and oxygen atoms in total. The lowest BCUT2D eigenvalue weighted by atomic mass is 10.2. The number of rotatable bonds is 6. The molecule has 2 aromatic heterocycles. The number of halogens is 2. The minimum atomic E-state index is -2.85. The number of anilines is 1. The first kappa shape index (κ1) is 17.4. The predicted molar refractivity (Wildman–Crippen MR) is 79.0 cm³/mol. The Labute approximate surface area is 135 Å². The number of alkyl halides is 2. The Bertz CT molecular complexity index is 743. The van der Waals surface area contributed by atoms with E-state index in [1.54, 1.807) is 0 Å². The summed E-state index contributed by atoms with van der Waals surface area (Å²) < 4.78 is 27.4. The summed E-state index contributed by atoms with van der Waals surface area (Å²) in [5, 5.41) is 14.8. The third-order valence-electron chi connectivity index (χ3n) is 2.90. The van der Waals surface area contributed by atoms with E-state index in [2.05, 4.69) is 20.4 Å². The topological polar surface area (TPSA) is 110 Å². The van der Waals surface area contributed by atoms with Gasteiger partial charge in [-0.15, -0.1) is 0 Å². The fourth-order valence-electron chi connectivity index (χ4n) is 1.90. The molecule has 0 saturated heterocycles. The molecule has 0 spiro atoms. The fraction of sp³-hybridized carbons (Fsp3) is 0.357. The minimum absolute atomic E-state index is 0.125. The molecule has 2 aromatic rings. The van der Waals surface area contributed by atoms with Crippen molar-refractivity contribution in [2.45, 2.75) is 26.8 Å². The van der Waals surface area contributed by atoms with Gasteiger partial charge in [0.25, 0.3) is 12.3 Å². The van der Waals surface area contributed by atoms with Gasteiger partial charge in [0.15, 0.2) is 11.4 Å². The highest BCUT2D eigenvalue weighted by Crippen LogP contribution is 2.26. The quantitative estimate of drug-likeness (QED) is 0.835. The summed E-state index contributed by atoms with van der Waals surface area (Å²) in [5.74, 6) is -1.89. The van der Waals surface area contributed by atoms with Crippen LogP contribution in [-0.4, -0.2) is 36.7 Å². The Hall–Kier alpha value is -2.91. The Morgan fingerprint density at radius 2 is 1.88 bits per heavy atom. The molecule has 2 rings (SSSR count). The molecule has 0 fully saturated rings. The van der Waals surface area contributed by atoms with Crippen LogP contribution in [-0.2, 0) is 6.54 Å². The number of nitrogens with zero attached hydrogens (tertiary/aromatic N) is 4. The van der Waals surface area contributed by atoms with E-state index in [4.69, 9.17) is 5.11 Å². The number of hydrogen-bond donors (Lipinski definition) is 2.